The molecule has 3 rings (SSSR count). The molecule has 2 N–H and O–H groups in total. The van der Waals surface area contributed by atoms with E-state index in [9.17, 15) is 5.11 Å². The van der Waals surface area contributed by atoms with Crippen LogP contribution in [0.1, 0.15) is 77.0 Å². The number of piperidine rings is 1. The average Bonchev–Trinajstić information content (AvgIpc) is 2.49. The Morgan fingerprint density at radius 1 is 0.789 bits per heavy atom. The fourth-order valence-electron chi connectivity index (χ4n) is 5.10. The fourth-order valence-corrected chi connectivity index (χ4v) is 5.10. The highest BCUT2D eigenvalue weighted by Crippen LogP contribution is 2.46. The number of rotatable bonds is 2. The van der Waals surface area contributed by atoms with E-state index in [0.717, 1.165) is 18.9 Å². The van der Waals surface area contributed by atoms with Crippen molar-refractivity contribution in [2.45, 2.75) is 88.7 Å². The van der Waals surface area contributed by atoms with Crippen LogP contribution in [-0.4, -0.2) is 23.3 Å². The first-order valence-electron chi connectivity index (χ1n) is 8.76. The maximum atomic E-state index is 11.4. The molecule has 0 aromatic heterocycles. The van der Waals surface area contributed by atoms with Gasteiger partial charge in [-0.3, -0.25) is 0 Å². The molecule has 2 nitrogen and oxygen atoms in total. The zero-order valence-electron chi connectivity index (χ0n) is 12.4. The summed E-state index contributed by atoms with van der Waals surface area (Å²) < 4.78 is 0. The fraction of sp³-hybridized carbons (Fsp3) is 1.00. The summed E-state index contributed by atoms with van der Waals surface area (Å²) in [4.78, 5) is 0. The molecule has 0 amide bonds. The molecule has 3 fully saturated rings. The van der Waals surface area contributed by atoms with Crippen molar-refractivity contribution in [3.8, 4) is 0 Å². The van der Waals surface area contributed by atoms with Crippen molar-refractivity contribution in [2.75, 3.05) is 6.54 Å². The summed E-state index contributed by atoms with van der Waals surface area (Å²) in [5.41, 5.74) is -0.388. The van der Waals surface area contributed by atoms with E-state index in [1.165, 1.54) is 70.6 Å². The van der Waals surface area contributed by atoms with Crippen LogP contribution in [0.2, 0.25) is 0 Å². The minimum atomic E-state index is -0.388. The van der Waals surface area contributed by atoms with Gasteiger partial charge in [0.05, 0.1) is 5.60 Å². The molecular formula is C17H31NO. The minimum absolute atomic E-state index is 0.383. The van der Waals surface area contributed by atoms with E-state index >= 15 is 0 Å². The standard InChI is InChI=1S/C17H31NO/c19-17(16-11-5-7-13-18-16)12-6-4-10-15(17)14-8-2-1-3-9-14/h14-16,18-19H,1-13H2. The van der Waals surface area contributed by atoms with Crippen LogP contribution in [0, 0.1) is 11.8 Å². The van der Waals surface area contributed by atoms with Gasteiger partial charge in [0.1, 0.15) is 0 Å². The van der Waals surface area contributed by atoms with Gasteiger partial charge in [0.25, 0.3) is 0 Å². The molecule has 0 radical (unpaired) electrons. The van der Waals surface area contributed by atoms with Gasteiger partial charge < -0.3 is 10.4 Å². The third-order valence-electron chi connectivity index (χ3n) is 6.12. The summed E-state index contributed by atoms with van der Waals surface area (Å²) in [5.74, 6) is 1.39. The highest BCUT2D eigenvalue weighted by atomic mass is 16.3. The lowest BCUT2D eigenvalue weighted by molar-refractivity contribution is -0.107. The third kappa shape index (κ3) is 2.85. The Labute approximate surface area is 118 Å². The van der Waals surface area contributed by atoms with Crippen LogP contribution in [-0.2, 0) is 0 Å². The predicted molar refractivity (Wildman–Crippen MR) is 79.1 cm³/mol. The molecule has 0 aromatic carbocycles. The molecular weight excluding hydrogens is 234 g/mol. The first-order chi connectivity index (χ1) is 9.31. The normalized spacial score (nSPS) is 42.2. The topological polar surface area (TPSA) is 32.3 Å². The average molecular weight is 265 g/mol. The second-order valence-electron chi connectivity index (χ2n) is 7.24. The third-order valence-corrected chi connectivity index (χ3v) is 6.12. The van der Waals surface area contributed by atoms with Crippen LogP contribution in [0.25, 0.3) is 0 Å². The van der Waals surface area contributed by atoms with E-state index in [4.69, 9.17) is 0 Å². The summed E-state index contributed by atoms with van der Waals surface area (Å²) in [6, 6.07) is 0.383. The number of aliphatic hydroxyl groups is 1. The van der Waals surface area contributed by atoms with Gasteiger partial charge in [0.2, 0.25) is 0 Å². The minimum Gasteiger partial charge on any atom is -0.388 e. The van der Waals surface area contributed by atoms with Crippen molar-refractivity contribution in [3.63, 3.8) is 0 Å². The molecule has 1 saturated heterocycles. The lowest BCUT2D eigenvalue weighted by Crippen LogP contribution is -2.59. The van der Waals surface area contributed by atoms with Crippen molar-refractivity contribution >= 4 is 0 Å². The maximum Gasteiger partial charge on any atom is 0.0830 e. The monoisotopic (exact) mass is 265 g/mol. The van der Waals surface area contributed by atoms with Gasteiger partial charge >= 0.3 is 0 Å². The van der Waals surface area contributed by atoms with Crippen molar-refractivity contribution in [3.05, 3.63) is 0 Å². The lowest BCUT2D eigenvalue weighted by atomic mass is 9.62. The Bertz CT molecular complexity index is 281. The van der Waals surface area contributed by atoms with Crippen LogP contribution in [0.5, 0.6) is 0 Å². The molecule has 1 heterocycles. The Kier molecular flexibility index (Phi) is 4.48. The van der Waals surface area contributed by atoms with E-state index in [0.29, 0.717) is 12.0 Å². The van der Waals surface area contributed by atoms with Gasteiger partial charge in [-0.2, -0.15) is 0 Å². The zero-order valence-corrected chi connectivity index (χ0v) is 12.4. The number of hydrogen-bond acceptors (Lipinski definition) is 2. The summed E-state index contributed by atoms with van der Waals surface area (Å²) in [7, 11) is 0. The van der Waals surface area contributed by atoms with E-state index < -0.39 is 0 Å². The highest BCUT2D eigenvalue weighted by Gasteiger charge is 2.48. The molecule has 2 aliphatic carbocycles. The van der Waals surface area contributed by atoms with Crippen molar-refractivity contribution in [1.29, 1.82) is 0 Å². The molecule has 0 spiro atoms. The summed E-state index contributed by atoms with van der Waals surface area (Å²) in [6.45, 7) is 1.12. The van der Waals surface area contributed by atoms with Gasteiger partial charge in [-0.25, -0.2) is 0 Å². The van der Waals surface area contributed by atoms with E-state index in [1.807, 2.05) is 0 Å². The molecule has 1 aliphatic heterocycles. The second-order valence-corrected chi connectivity index (χ2v) is 7.24. The number of hydrogen-bond donors (Lipinski definition) is 2. The van der Waals surface area contributed by atoms with Gasteiger partial charge in [-0.15, -0.1) is 0 Å². The Hall–Kier alpha value is -0.0800. The Morgan fingerprint density at radius 2 is 1.53 bits per heavy atom. The second kappa shape index (κ2) is 6.13. The molecule has 3 atom stereocenters. The van der Waals surface area contributed by atoms with Gasteiger partial charge in [0, 0.05) is 6.04 Å². The Morgan fingerprint density at radius 3 is 2.26 bits per heavy atom. The molecule has 110 valence electrons. The molecule has 3 unspecified atom stereocenters. The van der Waals surface area contributed by atoms with Gasteiger partial charge in [0.15, 0.2) is 0 Å². The zero-order chi connectivity index (χ0) is 13.1. The maximum absolute atomic E-state index is 11.4. The molecule has 0 aromatic rings. The van der Waals surface area contributed by atoms with Crippen molar-refractivity contribution in [1.82, 2.24) is 5.32 Å². The van der Waals surface area contributed by atoms with Crippen LogP contribution >= 0.6 is 0 Å². The summed E-state index contributed by atoms with van der Waals surface area (Å²) in [6.07, 6.45) is 15.7. The van der Waals surface area contributed by atoms with Crippen LogP contribution in [0.3, 0.4) is 0 Å². The summed E-state index contributed by atoms with van der Waals surface area (Å²) in [5, 5.41) is 15.1. The molecule has 0 bridgehead atoms. The molecule has 2 heteroatoms. The summed E-state index contributed by atoms with van der Waals surface area (Å²) >= 11 is 0. The van der Waals surface area contributed by atoms with Crippen LogP contribution < -0.4 is 5.32 Å². The van der Waals surface area contributed by atoms with Crippen molar-refractivity contribution in [2.24, 2.45) is 11.8 Å². The van der Waals surface area contributed by atoms with Gasteiger partial charge in [-0.05, 0) is 44.1 Å². The van der Waals surface area contributed by atoms with E-state index in [2.05, 4.69) is 5.32 Å². The van der Waals surface area contributed by atoms with Crippen LogP contribution in [0.15, 0.2) is 0 Å². The van der Waals surface area contributed by atoms with Crippen LogP contribution in [0.4, 0.5) is 0 Å². The largest absolute Gasteiger partial charge is 0.388 e. The smallest absolute Gasteiger partial charge is 0.0830 e. The van der Waals surface area contributed by atoms with E-state index in [-0.39, 0.29) is 5.60 Å². The highest BCUT2D eigenvalue weighted by molar-refractivity contribution is 5.02. The molecule has 19 heavy (non-hydrogen) atoms. The van der Waals surface area contributed by atoms with Gasteiger partial charge in [-0.1, -0.05) is 51.4 Å². The Balaban J connectivity index is 1.74. The molecule has 3 aliphatic rings. The van der Waals surface area contributed by atoms with Crippen molar-refractivity contribution < 1.29 is 5.11 Å². The first kappa shape index (κ1) is 13.9. The lowest BCUT2D eigenvalue weighted by Gasteiger charge is -2.50. The first-order valence-corrected chi connectivity index (χ1v) is 8.76. The predicted octanol–water partition coefficient (Wildman–Crippen LogP) is 3.63. The number of nitrogens with one attached hydrogen (secondary N) is 1. The molecule has 2 saturated carbocycles. The quantitative estimate of drug-likeness (QED) is 0.799. The van der Waals surface area contributed by atoms with E-state index in [1.54, 1.807) is 0 Å². The SMILES string of the molecule is OC1(C2CCCCN2)CCCCC1C1CCCCC1.